The lowest BCUT2D eigenvalue weighted by Gasteiger charge is -2.11. The number of hydrogen-bond acceptors (Lipinski definition) is 8. The lowest BCUT2D eigenvalue weighted by atomic mass is 10.1. The summed E-state index contributed by atoms with van der Waals surface area (Å²) in [5.74, 6) is -4.17. The summed E-state index contributed by atoms with van der Waals surface area (Å²) in [5.41, 5.74) is 0.233. The van der Waals surface area contributed by atoms with Crippen LogP contribution >= 0.6 is 0 Å². The summed E-state index contributed by atoms with van der Waals surface area (Å²) in [6.45, 7) is 3.72. The molecule has 0 aromatic heterocycles. The number of aromatic carboxylic acids is 2. The summed E-state index contributed by atoms with van der Waals surface area (Å²) in [5, 5.41) is 24.2. The fourth-order valence-electron chi connectivity index (χ4n) is 4.58. The minimum atomic E-state index is -1.26. The Hall–Kier alpha value is -4.74. The third-order valence-corrected chi connectivity index (χ3v) is 6.90. The van der Waals surface area contributed by atoms with Gasteiger partial charge in [0.1, 0.15) is 22.6 Å². The molecule has 0 bridgehead atoms. The van der Waals surface area contributed by atoms with Gasteiger partial charge >= 0.3 is 23.9 Å². The number of carbonyl (C=O) groups is 6. The van der Waals surface area contributed by atoms with Crippen molar-refractivity contribution in [2.24, 2.45) is 0 Å². The van der Waals surface area contributed by atoms with Crippen LogP contribution in [-0.4, -0.2) is 45.9 Å². The minimum Gasteiger partial charge on any atom is -0.478 e. The summed E-state index contributed by atoms with van der Waals surface area (Å²) in [6.07, 6.45) is 8.79. The summed E-state index contributed by atoms with van der Waals surface area (Å²) in [7, 11) is 0. The van der Waals surface area contributed by atoms with Gasteiger partial charge in [-0.2, -0.15) is 0 Å². The summed E-state index contributed by atoms with van der Waals surface area (Å²) in [6, 6.07) is 8.27. The maximum absolute atomic E-state index is 12.3. The summed E-state index contributed by atoms with van der Waals surface area (Å²) in [4.78, 5) is 71.4. The second-order valence-electron chi connectivity index (χ2n) is 10.9. The van der Waals surface area contributed by atoms with Crippen molar-refractivity contribution < 1.29 is 48.5 Å². The van der Waals surface area contributed by atoms with E-state index in [-0.39, 0.29) is 47.3 Å². The Balaban J connectivity index is 1.62. The Morgan fingerprint density at radius 1 is 0.543 bits per heavy atom. The Bertz CT molecular complexity index is 1270. The smallest absolute Gasteiger partial charge is 0.339 e. The third-order valence-electron chi connectivity index (χ3n) is 6.90. The van der Waals surface area contributed by atoms with Gasteiger partial charge in [-0.1, -0.05) is 52.4 Å². The minimum absolute atomic E-state index is 0.0668. The number of unbranched alkanes of at least 4 members (excludes halogenated alkanes) is 7. The Labute approximate surface area is 268 Å². The molecule has 2 aromatic rings. The number of anilines is 2. The number of rotatable bonds is 21. The maximum Gasteiger partial charge on any atom is 0.339 e. The molecule has 0 aliphatic rings. The van der Waals surface area contributed by atoms with E-state index >= 15 is 0 Å². The lowest BCUT2D eigenvalue weighted by molar-refractivity contribution is -0.135. The fourth-order valence-corrected chi connectivity index (χ4v) is 4.58. The SMILES string of the molecule is CCCC(=O)Nc1ccc(OC(=O)CCCCCCCCCCC(=O)Oc2ccc(NC(=O)CCC)cc2C(=O)O)c(C(=O)O)c1. The zero-order valence-electron chi connectivity index (χ0n) is 26.5. The highest BCUT2D eigenvalue weighted by atomic mass is 16.5. The number of carboxylic acid groups (broad SMARTS) is 2. The van der Waals surface area contributed by atoms with E-state index in [1.54, 1.807) is 0 Å². The molecule has 2 aromatic carbocycles. The highest BCUT2D eigenvalue weighted by Gasteiger charge is 2.18. The molecule has 2 amide bonds. The van der Waals surface area contributed by atoms with E-state index < -0.39 is 23.9 Å². The van der Waals surface area contributed by atoms with Gasteiger partial charge in [0.25, 0.3) is 0 Å². The first-order valence-electron chi connectivity index (χ1n) is 15.8. The van der Waals surface area contributed by atoms with Crippen molar-refractivity contribution in [2.75, 3.05) is 10.6 Å². The molecule has 0 saturated heterocycles. The van der Waals surface area contributed by atoms with Gasteiger partial charge in [-0.3, -0.25) is 19.2 Å². The molecular formula is C34H44N2O10. The molecule has 0 aliphatic carbocycles. The fraction of sp³-hybridized carbons (Fsp3) is 0.471. The van der Waals surface area contributed by atoms with Gasteiger partial charge in [-0.15, -0.1) is 0 Å². The number of ether oxygens (including phenoxy) is 2. The third kappa shape index (κ3) is 13.9. The van der Waals surface area contributed by atoms with E-state index in [0.29, 0.717) is 49.9 Å². The van der Waals surface area contributed by atoms with Crippen LogP contribution in [0.25, 0.3) is 0 Å². The Kier molecular flexibility index (Phi) is 16.5. The first kappa shape index (κ1) is 37.4. The van der Waals surface area contributed by atoms with Crippen molar-refractivity contribution in [2.45, 2.75) is 104 Å². The molecule has 46 heavy (non-hydrogen) atoms. The molecule has 0 atom stereocenters. The zero-order valence-corrected chi connectivity index (χ0v) is 26.5. The van der Waals surface area contributed by atoms with E-state index in [9.17, 15) is 39.0 Å². The van der Waals surface area contributed by atoms with Gasteiger partial charge in [-0.25, -0.2) is 9.59 Å². The van der Waals surface area contributed by atoms with Crippen LogP contribution in [0, 0.1) is 0 Å². The Morgan fingerprint density at radius 3 is 1.22 bits per heavy atom. The first-order valence-corrected chi connectivity index (χ1v) is 15.8. The highest BCUT2D eigenvalue weighted by molar-refractivity contribution is 5.97. The predicted molar refractivity (Wildman–Crippen MR) is 171 cm³/mol. The number of benzene rings is 2. The van der Waals surface area contributed by atoms with Gasteiger partial charge in [0.2, 0.25) is 11.8 Å². The number of esters is 2. The van der Waals surface area contributed by atoms with E-state index in [2.05, 4.69) is 10.6 Å². The van der Waals surface area contributed by atoms with E-state index in [0.717, 1.165) is 38.5 Å². The van der Waals surface area contributed by atoms with E-state index in [1.165, 1.54) is 36.4 Å². The van der Waals surface area contributed by atoms with Gasteiger partial charge in [0.15, 0.2) is 0 Å². The van der Waals surface area contributed by atoms with Crippen LogP contribution in [0.2, 0.25) is 0 Å². The molecule has 4 N–H and O–H groups in total. The number of carboxylic acids is 2. The second kappa shape index (κ2) is 20.3. The standard InChI is InChI=1S/C34H44N2O10/c1-3-13-29(37)35-23-17-19-27(25(21-23)33(41)42)45-31(39)15-11-9-7-5-6-8-10-12-16-32(40)46-28-20-18-24(22-26(28)34(43)44)36-30(38)14-4-2/h17-22H,3-16H2,1-2H3,(H,35,37)(H,36,38)(H,41,42)(H,43,44). The number of carbonyl (C=O) groups excluding carboxylic acids is 4. The zero-order chi connectivity index (χ0) is 33.9. The molecular weight excluding hydrogens is 596 g/mol. The first-order chi connectivity index (χ1) is 22.0. The molecule has 2 rings (SSSR count). The van der Waals surface area contributed by atoms with Crippen LogP contribution < -0.4 is 20.1 Å². The number of nitrogens with one attached hydrogen (secondary N) is 2. The number of hydrogen-bond donors (Lipinski definition) is 4. The number of amides is 2. The van der Waals surface area contributed by atoms with Crippen LogP contribution in [0.15, 0.2) is 36.4 Å². The molecule has 250 valence electrons. The van der Waals surface area contributed by atoms with Crippen molar-refractivity contribution in [1.29, 1.82) is 0 Å². The van der Waals surface area contributed by atoms with Crippen LogP contribution in [0.1, 0.15) is 124 Å². The van der Waals surface area contributed by atoms with Crippen molar-refractivity contribution in [3.05, 3.63) is 47.5 Å². The monoisotopic (exact) mass is 640 g/mol. The van der Waals surface area contributed by atoms with Crippen molar-refractivity contribution in [3.63, 3.8) is 0 Å². The molecule has 0 radical (unpaired) electrons. The van der Waals surface area contributed by atoms with Crippen LogP contribution in [0.3, 0.4) is 0 Å². The molecule has 12 heteroatoms. The molecule has 0 spiro atoms. The van der Waals surface area contributed by atoms with Crippen LogP contribution in [-0.2, 0) is 19.2 Å². The van der Waals surface area contributed by atoms with Crippen LogP contribution in [0.5, 0.6) is 11.5 Å². The van der Waals surface area contributed by atoms with Gasteiger partial charge in [-0.05, 0) is 62.1 Å². The topological polar surface area (TPSA) is 185 Å². The van der Waals surface area contributed by atoms with Crippen molar-refractivity contribution >= 4 is 47.1 Å². The molecule has 0 fully saturated rings. The maximum atomic E-state index is 12.3. The Morgan fingerprint density at radius 2 is 0.891 bits per heavy atom. The molecule has 12 nitrogen and oxygen atoms in total. The summed E-state index contributed by atoms with van der Waals surface area (Å²) >= 11 is 0. The second-order valence-corrected chi connectivity index (χ2v) is 10.9. The normalized spacial score (nSPS) is 10.6. The quantitative estimate of drug-likeness (QED) is 0.0630. The average Bonchev–Trinajstić information content (AvgIpc) is 2.99. The van der Waals surface area contributed by atoms with Gasteiger partial charge in [0, 0.05) is 37.1 Å². The van der Waals surface area contributed by atoms with Crippen LogP contribution in [0.4, 0.5) is 11.4 Å². The predicted octanol–water partition coefficient (Wildman–Crippen LogP) is 6.97. The van der Waals surface area contributed by atoms with Crippen molar-refractivity contribution in [3.8, 4) is 11.5 Å². The van der Waals surface area contributed by atoms with Gasteiger partial charge < -0.3 is 30.3 Å². The largest absolute Gasteiger partial charge is 0.478 e. The molecule has 0 unspecified atom stereocenters. The summed E-state index contributed by atoms with van der Waals surface area (Å²) < 4.78 is 10.5. The average molecular weight is 641 g/mol. The van der Waals surface area contributed by atoms with E-state index in [4.69, 9.17) is 9.47 Å². The van der Waals surface area contributed by atoms with Gasteiger partial charge in [0.05, 0.1) is 0 Å². The van der Waals surface area contributed by atoms with E-state index in [1.807, 2.05) is 13.8 Å². The van der Waals surface area contributed by atoms with Crippen molar-refractivity contribution in [1.82, 2.24) is 0 Å². The highest BCUT2D eigenvalue weighted by Crippen LogP contribution is 2.25. The molecule has 0 heterocycles. The molecule has 0 aliphatic heterocycles. The lowest BCUT2D eigenvalue weighted by Crippen LogP contribution is -2.13. The molecule has 0 saturated carbocycles.